The molecule has 204 valence electrons. The van der Waals surface area contributed by atoms with Crippen LogP contribution in [0.15, 0.2) is 54.6 Å². The molecule has 0 spiro atoms. The van der Waals surface area contributed by atoms with Crippen LogP contribution in [-0.2, 0) is 32.2 Å². The standard InChI is InChI=1S/C26H34F3N3O4S/c1-5-23(25(34)30-17-19(2)3)31(15-14-20-10-7-6-8-11-20)24(33)18-32(37(4,35)36)22-13-9-12-21(16-22)26(27,28)29/h6-13,16,19,23H,5,14-15,17-18H2,1-4H3,(H,30,34)/t23-/m1/s1. The highest BCUT2D eigenvalue weighted by Gasteiger charge is 2.34. The number of sulfonamides is 1. The summed E-state index contributed by atoms with van der Waals surface area (Å²) in [6.07, 6.45) is -3.19. The third-order valence-corrected chi connectivity index (χ3v) is 6.84. The van der Waals surface area contributed by atoms with Gasteiger partial charge in [0.25, 0.3) is 0 Å². The van der Waals surface area contributed by atoms with Crippen LogP contribution in [-0.4, -0.2) is 57.1 Å². The highest BCUT2D eigenvalue weighted by Crippen LogP contribution is 2.32. The van der Waals surface area contributed by atoms with Crippen LogP contribution in [0.2, 0.25) is 0 Å². The van der Waals surface area contributed by atoms with Crippen molar-refractivity contribution >= 4 is 27.5 Å². The fourth-order valence-corrected chi connectivity index (χ4v) is 4.61. The molecular formula is C26H34F3N3O4S. The molecule has 1 atom stereocenters. The molecular weight excluding hydrogens is 507 g/mol. The number of carbonyl (C=O) groups excluding carboxylic acids is 2. The van der Waals surface area contributed by atoms with Gasteiger partial charge in [0, 0.05) is 13.1 Å². The first-order valence-corrected chi connectivity index (χ1v) is 13.8. The van der Waals surface area contributed by atoms with Gasteiger partial charge < -0.3 is 10.2 Å². The van der Waals surface area contributed by atoms with Crippen molar-refractivity contribution in [3.05, 3.63) is 65.7 Å². The molecule has 2 rings (SSSR count). The molecule has 0 aliphatic carbocycles. The first-order valence-electron chi connectivity index (χ1n) is 12.0. The predicted molar refractivity (Wildman–Crippen MR) is 137 cm³/mol. The van der Waals surface area contributed by atoms with Gasteiger partial charge in [-0.15, -0.1) is 0 Å². The highest BCUT2D eigenvalue weighted by atomic mass is 32.2. The number of amides is 2. The van der Waals surface area contributed by atoms with Gasteiger partial charge in [-0.25, -0.2) is 8.42 Å². The number of hydrogen-bond donors (Lipinski definition) is 1. The number of rotatable bonds is 12. The largest absolute Gasteiger partial charge is 0.416 e. The minimum absolute atomic E-state index is 0.122. The summed E-state index contributed by atoms with van der Waals surface area (Å²) in [5, 5.41) is 2.82. The summed E-state index contributed by atoms with van der Waals surface area (Å²) in [5.74, 6) is -0.885. The van der Waals surface area contributed by atoms with Crippen LogP contribution in [0.1, 0.15) is 38.3 Å². The minimum Gasteiger partial charge on any atom is -0.354 e. The van der Waals surface area contributed by atoms with E-state index in [2.05, 4.69) is 5.32 Å². The van der Waals surface area contributed by atoms with E-state index in [4.69, 9.17) is 0 Å². The first-order chi connectivity index (χ1) is 17.2. The van der Waals surface area contributed by atoms with Crippen LogP contribution >= 0.6 is 0 Å². The molecule has 11 heteroatoms. The number of anilines is 1. The Balaban J connectivity index is 2.40. The first kappa shape index (κ1) is 30.1. The number of alkyl halides is 3. The monoisotopic (exact) mass is 541 g/mol. The van der Waals surface area contributed by atoms with Crippen LogP contribution in [0.25, 0.3) is 0 Å². The fraction of sp³-hybridized carbons (Fsp3) is 0.462. The normalized spacial score (nSPS) is 12.8. The van der Waals surface area contributed by atoms with Gasteiger partial charge in [-0.05, 0) is 42.5 Å². The van der Waals surface area contributed by atoms with Gasteiger partial charge in [0.05, 0.1) is 17.5 Å². The van der Waals surface area contributed by atoms with Crippen molar-refractivity contribution in [2.45, 2.75) is 45.8 Å². The van der Waals surface area contributed by atoms with E-state index in [0.717, 1.165) is 24.0 Å². The Morgan fingerprint density at radius 1 is 1.03 bits per heavy atom. The van der Waals surface area contributed by atoms with Crippen LogP contribution in [0.5, 0.6) is 0 Å². The molecule has 0 radical (unpaired) electrons. The summed E-state index contributed by atoms with van der Waals surface area (Å²) in [7, 11) is -4.13. The average molecular weight is 542 g/mol. The average Bonchev–Trinajstić information content (AvgIpc) is 2.83. The van der Waals surface area contributed by atoms with Crippen molar-refractivity contribution in [2.75, 3.05) is 30.2 Å². The predicted octanol–water partition coefficient (Wildman–Crippen LogP) is 4.09. The minimum atomic E-state index is -4.69. The molecule has 0 saturated heterocycles. The third kappa shape index (κ3) is 9.07. The van der Waals surface area contributed by atoms with E-state index in [1.165, 1.54) is 11.0 Å². The molecule has 0 aliphatic heterocycles. The Labute approximate surface area is 216 Å². The van der Waals surface area contributed by atoms with Crippen molar-refractivity contribution in [2.24, 2.45) is 5.92 Å². The van der Waals surface area contributed by atoms with Crippen molar-refractivity contribution in [3.8, 4) is 0 Å². The second kappa shape index (κ2) is 12.9. The molecule has 1 N–H and O–H groups in total. The summed E-state index contributed by atoms with van der Waals surface area (Å²) in [6.45, 7) is 5.37. The quantitative estimate of drug-likeness (QED) is 0.439. The van der Waals surface area contributed by atoms with E-state index in [1.54, 1.807) is 6.92 Å². The van der Waals surface area contributed by atoms with Gasteiger partial charge in [-0.1, -0.05) is 57.2 Å². The Bertz CT molecular complexity index is 1160. The molecule has 0 aliphatic rings. The van der Waals surface area contributed by atoms with Gasteiger partial charge >= 0.3 is 6.18 Å². The molecule has 37 heavy (non-hydrogen) atoms. The molecule has 0 saturated carbocycles. The second-order valence-corrected chi connectivity index (χ2v) is 11.1. The number of hydrogen-bond acceptors (Lipinski definition) is 4. The lowest BCUT2D eigenvalue weighted by molar-refractivity contribution is -0.139. The number of nitrogens with zero attached hydrogens (tertiary/aromatic N) is 2. The van der Waals surface area contributed by atoms with Gasteiger partial charge in [0.1, 0.15) is 12.6 Å². The molecule has 7 nitrogen and oxygen atoms in total. The van der Waals surface area contributed by atoms with Crippen LogP contribution < -0.4 is 9.62 Å². The van der Waals surface area contributed by atoms with E-state index in [-0.39, 0.29) is 30.5 Å². The van der Waals surface area contributed by atoms with Gasteiger partial charge in [0.15, 0.2) is 0 Å². The Morgan fingerprint density at radius 2 is 1.68 bits per heavy atom. The number of carbonyl (C=O) groups is 2. The zero-order valence-corrected chi connectivity index (χ0v) is 22.3. The number of halogens is 3. The van der Waals surface area contributed by atoms with Gasteiger partial charge in [-0.2, -0.15) is 13.2 Å². The van der Waals surface area contributed by atoms with E-state index in [9.17, 15) is 31.2 Å². The summed E-state index contributed by atoms with van der Waals surface area (Å²) < 4.78 is 65.6. The van der Waals surface area contributed by atoms with Crippen molar-refractivity contribution in [3.63, 3.8) is 0 Å². The SMILES string of the molecule is CC[C@H](C(=O)NCC(C)C)N(CCc1ccccc1)C(=O)CN(c1cccc(C(F)(F)F)c1)S(C)(=O)=O. The van der Waals surface area contributed by atoms with Crippen LogP contribution in [0.3, 0.4) is 0 Å². The van der Waals surface area contributed by atoms with Crippen molar-refractivity contribution in [1.82, 2.24) is 10.2 Å². The molecule has 2 amide bonds. The maximum absolute atomic E-state index is 13.5. The third-order valence-electron chi connectivity index (χ3n) is 5.70. The van der Waals surface area contributed by atoms with Crippen LogP contribution in [0, 0.1) is 5.92 Å². The van der Waals surface area contributed by atoms with Crippen molar-refractivity contribution < 1.29 is 31.2 Å². The highest BCUT2D eigenvalue weighted by molar-refractivity contribution is 7.92. The second-order valence-electron chi connectivity index (χ2n) is 9.20. The summed E-state index contributed by atoms with van der Waals surface area (Å²) >= 11 is 0. The Morgan fingerprint density at radius 3 is 2.22 bits per heavy atom. The van der Waals surface area contributed by atoms with Gasteiger partial charge in [-0.3, -0.25) is 13.9 Å². The van der Waals surface area contributed by atoms with E-state index in [0.29, 0.717) is 23.3 Å². The molecule has 2 aromatic rings. The molecule has 0 bridgehead atoms. The fourth-order valence-electron chi connectivity index (χ4n) is 3.77. The molecule has 0 fully saturated rings. The molecule has 0 unspecified atom stereocenters. The maximum atomic E-state index is 13.5. The topological polar surface area (TPSA) is 86.8 Å². The zero-order chi connectivity index (χ0) is 27.8. The Hall–Kier alpha value is -3.08. The lowest BCUT2D eigenvalue weighted by atomic mass is 10.1. The lowest BCUT2D eigenvalue weighted by Gasteiger charge is -2.33. The molecule has 0 heterocycles. The summed E-state index contributed by atoms with van der Waals surface area (Å²) in [6, 6.07) is 12.2. The number of benzene rings is 2. The maximum Gasteiger partial charge on any atom is 0.416 e. The Kier molecular flexibility index (Phi) is 10.5. The van der Waals surface area contributed by atoms with Crippen LogP contribution in [0.4, 0.5) is 18.9 Å². The smallest absolute Gasteiger partial charge is 0.354 e. The van der Waals surface area contributed by atoms with E-state index >= 15 is 0 Å². The van der Waals surface area contributed by atoms with Gasteiger partial charge in [0.2, 0.25) is 21.8 Å². The number of nitrogens with one attached hydrogen (secondary N) is 1. The summed E-state index contributed by atoms with van der Waals surface area (Å²) in [5.41, 5.74) is -0.409. The lowest BCUT2D eigenvalue weighted by Crippen LogP contribution is -2.53. The molecule has 2 aromatic carbocycles. The summed E-state index contributed by atoms with van der Waals surface area (Å²) in [4.78, 5) is 27.8. The zero-order valence-electron chi connectivity index (χ0n) is 21.5. The molecule has 0 aromatic heterocycles. The van der Waals surface area contributed by atoms with Crippen molar-refractivity contribution in [1.29, 1.82) is 0 Å². The van der Waals surface area contributed by atoms with E-state index in [1.807, 2.05) is 44.2 Å². The van der Waals surface area contributed by atoms with E-state index < -0.39 is 40.3 Å².